The Morgan fingerprint density at radius 2 is 2.08 bits per heavy atom. The molecule has 0 amide bonds. The van der Waals surface area contributed by atoms with E-state index in [-0.39, 0.29) is 16.2 Å². The summed E-state index contributed by atoms with van der Waals surface area (Å²) in [6.07, 6.45) is 1.25. The summed E-state index contributed by atoms with van der Waals surface area (Å²) in [5.41, 5.74) is 1.16. The van der Waals surface area contributed by atoms with Crippen molar-refractivity contribution in [2.75, 3.05) is 7.11 Å². The molecule has 0 saturated heterocycles. The van der Waals surface area contributed by atoms with Gasteiger partial charge in [0, 0.05) is 17.2 Å². The molecule has 1 aromatic carbocycles. The number of ether oxygens (including phenoxy) is 1. The summed E-state index contributed by atoms with van der Waals surface area (Å²) < 4.78 is 5.17. The summed E-state index contributed by atoms with van der Waals surface area (Å²) in [6.45, 7) is 0. The van der Waals surface area contributed by atoms with Crippen molar-refractivity contribution in [3.05, 3.63) is 50.3 Å². The Bertz CT molecular complexity index is 1000. The summed E-state index contributed by atoms with van der Waals surface area (Å²) >= 11 is 6.09. The highest BCUT2D eigenvalue weighted by Gasteiger charge is 2.07. The van der Waals surface area contributed by atoms with E-state index in [2.05, 4.69) is 19.9 Å². The average Bonchev–Trinajstić information content (AvgIpc) is 3.03. The molecule has 2 heterocycles. The van der Waals surface area contributed by atoms with Gasteiger partial charge in [-0.3, -0.25) is 9.78 Å². The zero-order chi connectivity index (χ0) is 17.1. The second kappa shape index (κ2) is 6.77. The summed E-state index contributed by atoms with van der Waals surface area (Å²) in [7, 11) is 1.61. The van der Waals surface area contributed by atoms with Crippen LogP contribution in [0, 0.1) is 4.77 Å². The number of hydrogen-bond acceptors (Lipinski definition) is 7. The van der Waals surface area contributed by atoms with Crippen molar-refractivity contribution in [2.24, 2.45) is 4.99 Å². The minimum Gasteiger partial charge on any atom is -0.497 e. The van der Waals surface area contributed by atoms with E-state index >= 15 is 0 Å². The van der Waals surface area contributed by atoms with Crippen LogP contribution in [0.2, 0.25) is 0 Å². The molecule has 3 rings (SSSR count). The quantitative estimate of drug-likeness (QED) is 0.490. The van der Waals surface area contributed by atoms with Crippen molar-refractivity contribution < 1.29 is 9.84 Å². The maximum Gasteiger partial charge on any atom is 0.264 e. The van der Waals surface area contributed by atoms with Crippen LogP contribution >= 0.6 is 23.6 Å². The molecular weight excluding hydrogens is 348 g/mol. The van der Waals surface area contributed by atoms with Gasteiger partial charge in [0.2, 0.25) is 11.0 Å². The zero-order valence-electron chi connectivity index (χ0n) is 12.4. The number of aliphatic imine (C=N–C) groups is 1. The van der Waals surface area contributed by atoms with Gasteiger partial charge in [-0.15, -0.1) is 11.3 Å². The number of aromatic nitrogens is 3. The minimum absolute atomic E-state index is 0.00945. The lowest BCUT2D eigenvalue weighted by molar-refractivity contribution is 0.415. The predicted molar refractivity (Wildman–Crippen MR) is 95.3 cm³/mol. The van der Waals surface area contributed by atoms with Crippen molar-refractivity contribution >= 4 is 34.9 Å². The molecule has 0 bridgehead atoms. The Morgan fingerprint density at radius 1 is 1.33 bits per heavy atom. The van der Waals surface area contributed by atoms with Gasteiger partial charge in [-0.1, -0.05) is 0 Å². The fourth-order valence-electron chi connectivity index (χ4n) is 1.94. The van der Waals surface area contributed by atoms with Crippen LogP contribution in [0.25, 0.3) is 11.3 Å². The van der Waals surface area contributed by atoms with Gasteiger partial charge in [0.25, 0.3) is 5.56 Å². The number of benzene rings is 1. The number of thiazole rings is 1. The highest BCUT2D eigenvalue weighted by atomic mass is 32.1. The van der Waals surface area contributed by atoms with Gasteiger partial charge in [-0.2, -0.15) is 0 Å². The average molecular weight is 360 g/mol. The Balaban J connectivity index is 1.86. The third-order valence-corrected chi connectivity index (χ3v) is 4.09. The van der Waals surface area contributed by atoms with E-state index in [0.29, 0.717) is 5.13 Å². The first-order chi connectivity index (χ1) is 11.6. The maximum atomic E-state index is 11.7. The first kappa shape index (κ1) is 16.1. The summed E-state index contributed by atoms with van der Waals surface area (Å²) in [4.78, 5) is 25.1. The van der Waals surface area contributed by atoms with E-state index in [9.17, 15) is 9.90 Å². The van der Waals surface area contributed by atoms with Crippen molar-refractivity contribution in [3.63, 3.8) is 0 Å². The molecule has 0 unspecified atom stereocenters. The molecule has 2 aromatic heterocycles. The molecule has 7 nitrogen and oxygen atoms in total. The van der Waals surface area contributed by atoms with Crippen LogP contribution in [0.4, 0.5) is 5.13 Å². The lowest BCUT2D eigenvalue weighted by Gasteiger charge is -2.00. The lowest BCUT2D eigenvalue weighted by Crippen LogP contribution is -2.13. The largest absolute Gasteiger partial charge is 0.497 e. The van der Waals surface area contributed by atoms with Gasteiger partial charge in [-0.05, 0) is 36.5 Å². The number of H-pyrrole nitrogens is 2. The Hall–Kier alpha value is -2.78. The van der Waals surface area contributed by atoms with Crippen LogP contribution in [-0.4, -0.2) is 33.4 Å². The number of methoxy groups -OCH3 is 1. The molecule has 0 aliphatic carbocycles. The molecule has 0 fully saturated rings. The molecule has 24 heavy (non-hydrogen) atoms. The number of aromatic amines is 2. The molecule has 122 valence electrons. The van der Waals surface area contributed by atoms with E-state index in [1.807, 2.05) is 29.6 Å². The van der Waals surface area contributed by atoms with Crippen molar-refractivity contribution in [2.45, 2.75) is 0 Å². The number of hydrogen-bond donors (Lipinski definition) is 3. The van der Waals surface area contributed by atoms with Crippen LogP contribution in [0.3, 0.4) is 0 Å². The zero-order valence-corrected chi connectivity index (χ0v) is 14.1. The molecule has 9 heteroatoms. The number of rotatable bonds is 4. The molecule has 3 N–H and O–H groups in total. The Morgan fingerprint density at radius 3 is 2.75 bits per heavy atom. The number of aromatic hydroxyl groups is 1. The molecule has 0 spiro atoms. The van der Waals surface area contributed by atoms with E-state index < -0.39 is 5.56 Å². The standard InChI is InChI=1S/C15H12N4O3S2/c1-22-9-4-2-8(3-5-9)11-7-24-15(17-11)16-6-10-12(20)18-14(23)19-13(10)21/h2-7H,1H3,(H3,18,19,20,21,23). The smallest absolute Gasteiger partial charge is 0.264 e. The van der Waals surface area contributed by atoms with Gasteiger partial charge in [-0.25, -0.2) is 9.98 Å². The minimum atomic E-state index is -0.521. The molecule has 0 saturated carbocycles. The van der Waals surface area contributed by atoms with Crippen LogP contribution in [-0.2, 0) is 0 Å². The SMILES string of the molecule is COc1ccc(-c2csc(N=Cc3c(O)[nH]c(=S)[nH]c3=O)n2)cc1. The maximum absolute atomic E-state index is 11.7. The molecule has 3 aromatic rings. The highest BCUT2D eigenvalue weighted by Crippen LogP contribution is 2.27. The molecule has 0 radical (unpaired) electrons. The van der Waals surface area contributed by atoms with Gasteiger partial charge in [0.15, 0.2) is 4.77 Å². The lowest BCUT2D eigenvalue weighted by atomic mass is 10.2. The van der Waals surface area contributed by atoms with Crippen LogP contribution in [0.5, 0.6) is 11.6 Å². The Kier molecular flexibility index (Phi) is 4.54. The van der Waals surface area contributed by atoms with E-state index in [1.54, 1.807) is 7.11 Å². The van der Waals surface area contributed by atoms with E-state index in [1.165, 1.54) is 17.6 Å². The summed E-state index contributed by atoms with van der Waals surface area (Å²) in [5, 5.41) is 12.0. The predicted octanol–water partition coefficient (Wildman–Crippen LogP) is 3.02. The van der Waals surface area contributed by atoms with E-state index in [4.69, 9.17) is 17.0 Å². The van der Waals surface area contributed by atoms with Crippen molar-refractivity contribution in [1.29, 1.82) is 0 Å². The molecule has 0 aliphatic rings. The van der Waals surface area contributed by atoms with Gasteiger partial charge in [0.05, 0.1) is 12.8 Å². The van der Waals surface area contributed by atoms with E-state index in [0.717, 1.165) is 17.0 Å². The van der Waals surface area contributed by atoms with Gasteiger partial charge < -0.3 is 14.8 Å². The summed E-state index contributed by atoms with van der Waals surface area (Å²) in [5.74, 6) is 0.433. The fourth-order valence-corrected chi connectivity index (χ4v) is 2.80. The molecule has 0 atom stereocenters. The topological polar surface area (TPSA) is 103 Å². The second-order valence-corrected chi connectivity index (χ2v) is 5.92. The van der Waals surface area contributed by atoms with Crippen LogP contribution < -0.4 is 10.3 Å². The summed E-state index contributed by atoms with van der Waals surface area (Å²) in [6, 6.07) is 7.49. The Labute approximate surface area is 145 Å². The monoisotopic (exact) mass is 360 g/mol. The van der Waals surface area contributed by atoms with Crippen molar-refractivity contribution in [1.82, 2.24) is 15.0 Å². The second-order valence-electron chi connectivity index (χ2n) is 4.67. The first-order valence-corrected chi connectivity index (χ1v) is 8.05. The fraction of sp³-hybridized carbons (Fsp3) is 0.0667. The van der Waals surface area contributed by atoms with Crippen molar-refractivity contribution in [3.8, 4) is 22.9 Å². The third-order valence-electron chi connectivity index (χ3n) is 3.14. The van der Waals surface area contributed by atoms with Gasteiger partial charge in [0.1, 0.15) is 11.3 Å². The normalized spacial score (nSPS) is 11.0. The first-order valence-electron chi connectivity index (χ1n) is 6.76. The molecule has 0 aliphatic heterocycles. The number of nitrogens with zero attached hydrogens (tertiary/aromatic N) is 2. The highest BCUT2D eigenvalue weighted by molar-refractivity contribution is 7.71. The third kappa shape index (κ3) is 3.42. The number of nitrogens with one attached hydrogen (secondary N) is 2. The van der Waals surface area contributed by atoms with Gasteiger partial charge >= 0.3 is 0 Å². The van der Waals surface area contributed by atoms with Crippen LogP contribution in [0.1, 0.15) is 5.56 Å². The molecular formula is C15H12N4O3S2. The van der Waals surface area contributed by atoms with Crippen LogP contribution in [0.15, 0.2) is 39.4 Å².